The summed E-state index contributed by atoms with van der Waals surface area (Å²) in [6, 6.07) is 20.3. The Hall–Kier alpha value is -3.08. The summed E-state index contributed by atoms with van der Waals surface area (Å²) in [6.45, 7) is 2.66. The van der Waals surface area contributed by atoms with Crippen LogP contribution in [0.5, 0.6) is 0 Å². The number of benzene rings is 2. The third-order valence-corrected chi connectivity index (χ3v) is 3.93. The first-order valence-corrected chi connectivity index (χ1v) is 7.94. The third-order valence-electron chi connectivity index (χ3n) is 3.93. The summed E-state index contributed by atoms with van der Waals surface area (Å²) in [5.74, 6) is 1.31. The van der Waals surface area contributed by atoms with Gasteiger partial charge in [0.2, 0.25) is 5.82 Å². The molecule has 4 rings (SSSR count). The Morgan fingerprint density at radius 2 is 1.62 bits per heavy atom. The van der Waals surface area contributed by atoms with Gasteiger partial charge in [0.05, 0.1) is 12.3 Å². The predicted octanol–water partition coefficient (Wildman–Crippen LogP) is 3.94. The minimum absolute atomic E-state index is 0.585. The first-order valence-electron chi connectivity index (χ1n) is 7.94. The molecule has 1 aliphatic rings. The average molecular weight is 315 g/mol. The summed E-state index contributed by atoms with van der Waals surface area (Å²) in [6.07, 6.45) is 0.714. The molecule has 0 spiro atoms. The van der Waals surface area contributed by atoms with Crippen LogP contribution in [-0.4, -0.2) is 26.4 Å². The molecule has 5 nitrogen and oxygen atoms in total. The monoisotopic (exact) mass is 315 g/mol. The Kier molecular flexibility index (Phi) is 3.75. The molecule has 0 bridgehead atoms. The molecule has 0 atom stereocenters. The molecule has 0 unspecified atom stereocenters. The average Bonchev–Trinajstić information content (AvgIpc) is 2.88. The largest absolute Gasteiger partial charge is 0.235 e. The maximum absolute atomic E-state index is 4.73. The lowest BCUT2D eigenvalue weighted by atomic mass is 10.1. The molecule has 2 aromatic carbocycles. The van der Waals surface area contributed by atoms with E-state index in [9.17, 15) is 0 Å². The van der Waals surface area contributed by atoms with Crippen molar-refractivity contribution in [2.75, 3.05) is 0 Å². The van der Waals surface area contributed by atoms with Gasteiger partial charge in [0.25, 0.3) is 0 Å². The number of aromatic nitrogens is 3. The van der Waals surface area contributed by atoms with Gasteiger partial charge in [-0.15, -0.1) is 5.10 Å². The molecule has 3 aromatic rings. The number of hydrogen-bond acceptors (Lipinski definition) is 4. The summed E-state index contributed by atoms with van der Waals surface area (Å²) in [5.41, 5.74) is 4.24. The lowest BCUT2D eigenvalue weighted by Crippen LogP contribution is -2.06. The summed E-state index contributed by atoms with van der Waals surface area (Å²) in [5, 5.41) is 8.49. The zero-order valence-electron chi connectivity index (χ0n) is 13.4. The zero-order valence-corrected chi connectivity index (χ0v) is 13.4. The molecule has 0 amide bonds. The first-order chi connectivity index (χ1) is 11.8. The van der Waals surface area contributed by atoms with Crippen molar-refractivity contribution < 1.29 is 0 Å². The lowest BCUT2D eigenvalue weighted by molar-refractivity contribution is 0.653. The number of rotatable bonds is 3. The van der Waals surface area contributed by atoms with E-state index < -0.39 is 0 Å². The van der Waals surface area contributed by atoms with E-state index in [-0.39, 0.29) is 0 Å². The third kappa shape index (κ3) is 2.88. The fraction of sp³-hybridized carbons (Fsp3) is 0.158. The minimum Gasteiger partial charge on any atom is -0.235 e. The Morgan fingerprint density at radius 1 is 0.917 bits per heavy atom. The van der Waals surface area contributed by atoms with Crippen molar-refractivity contribution in [3.63, 3.8) is 0 Å². The van der Waals surface area contributed by atoms with Crippen LogP contribution in [-0.2, 0) is 6.54 Å². The van der Waals surface area contributed by atoms with Crippen LogP contribution in [0, 0.1) is 0 Å². The van der Waals surface area contributed by atoms with Crippen molar-refractivity contribution in [2.24, 2.45) is 9.98 Å². The van der Waals surface area contributed by atoms with Crippen molar-refractivity contribution in [3.05, 3.63) is 71.8 Å². The van der Waals surface area contributed by atoms with Gasteiger partial charge < -0.3 is 0 Å². The molecule has 0 saturated carbocycles. The molecule has 1 aromatic heterocycles. The van der Waals surface area contributed by atoms with E-state index >= 15 is 0 Å². The van der Waals surface area contributed by atoms with Gasteiger partial charge >= 0.3 is 0 Å². The van der Waals surface area contributed by atoms with Gasteiger partial charge in [0.15, 0.2) is 5.82 Å². The fourth-order valence-electron chi connectivity index (χ4n) is 2.77. The van der Waals surface area contributed by atoms with E-state index in [1.807, 2.05) is 48.0 Å². The second-order valence-electron chi connectivity index (χ2n) is 5.83. The molecule has 0 N–H and O–H groups in total. The van der Waals surface area contributed by atoms with Gasteiger partial charge in [-0.25, -0.2) is 14.7 Å². The maximum Gasteiger partial charge on any atom is 0.221 e. The van der Waals surface area contributed by atoms with Crippen LogP contribution >= 0.6 is 0 Å². The molecule has 1 aliphatic heterocycles. The van der Waals surface area contributed by atoms with Crippen LogP contribution in [0.3, 0.4) is 0 Å². The fourth-order valence-corrected chi connectivity index (χ4v) is 2.77. The van der Waals surface area contributed by atoms with Gasteiger partial charge in [-0.2, -0.15) is 0 Å². The molecule has 0 saturated heterocycles. The highest BCUT2D eigenvalue weighted by Gasteiger charge is 2.18. The second kappa shape index (κ2) is 6.20. The zero-order chi connectivity index (χ0) is 16.4. The van der Waals surface area contributed by atoms with Gasteiger partial charge in [-0.1, -0.05) is 65.9 Å². The molecule has 118 valence electrons. The van der Waals surface area contributed by atoms with Crippen LogP contribution < -0.4 is 0 Å². The molecule has 2 heterocycles. The molecule has 0 fully saturated rings. The van der Waals surface area contributed by atoms with Crippen LogP contribution in [0.4, 0.5) is 11.6 Å². The van der Waals surface area contributed by atoms with Gasteiger partial charge in [0, 0.05) is 12.1 Å². The maximum atomic E-state index is 4.73. The number of aliphatic imine (C=N–C) groups is 2. The molecule has 5 heteroatoms. The van der Waals surface area contributed by atoms with Crippen LogP contribution in [0.1, 0.15) is 24.5 Å². The molecule has 0 aliphatic carbocycles. The Labute approximate surface area is 140 Å². The lowest BCUT2D eigenvalue weighted by Gasteiger charge is -2.04. The molecular formula is C19H17N5. The van der Waals surface area contributed by atoms with E-state index in [4.69, 9.17) is 9.98 Å². The van der Waals surface area contributed by atoms with E-state index in [1.54, 1.807) is 0 Å². The van der Waals surface area contributed by atoms with Gasteiger partial charge in [-0.05, 0) is 18.1 Å². The predicted molar refractivity (Wildman–Crippen MR) is 95.6 cm³/mol. The van der Waals surface area contributed by atoms with E-state index in [2.05, 4.69) is 34.6 Å². The van der Waals surface area contributed by atoms with Crippen molar-refractivity contribution in [3.8, 4) is 0 Å². The second-order valence-corrected chi connectivity index (χ2v) is 5.83. The standard InChI is InChI=1S/C19H17N5/c1-14-12-17(16-10-6-3-7-11-16)21-18-19(20-14)24(23-22-18)13-15-8-4-2-5-9-15/h2-11H,12-13H2,1H3. The van der Waals surface area contributed by atoms with Crippen LogP contribution in [0.15, 0.2) is 70.6 Å². The van der Waals surface area contributed by atoms with Gasteiger partial charge in [-0.3, -0.25) is 0 Å². The topological polar surface area (TPSA) is 55.4 Å². The van der Waals surface area contributed by atoms with Crippen molar-refractivity contribution >= 4 is 23.1 Å². The number of nitrogens with zero attached hydrogens (tertiary/aromatic N) is 5. The highest BCUT2D eigenvalue weighted by molar-refractivity contribution is 6.14. The number of hydrogen-bond donors (Lipinski definition) is 0. The van der Waals surface area contributed by atoms with Crippen molar-refractivity contribution in [1.82, 2.24) is 15.0 Å². The van der Waals surface area contributed by atoms with Crippen LogP contribution in [0.25, 0.3) is 0 Å². The molecular weight excluding hydrogens is 298 g/mol. The van der Waals surface area contributed by atoms with E-state index in [0.29, 0.717) is 18.8 Å². The molecule has 0 radical (unpaired) electrons. The highest BCUT2D eigenvalue weighted by atomic mass is 15.5. The summed E-state index contributed by atoms with van der Waals surface area (Å²) in [7, 11) is 0. The number of fused-ring (bicyclic) bond motifs is 1. The quantitative estimate of drug-likeness (QED) is 0.735. The normalized spacial score (nSPS) is 13.7. The smallest absolute Gasteiger partial charge is 0.221 e. The minimum atomic E-state index is 0.585. The SMILES string of the molecule is CC1=Nc2c(nnn2Cc2ccccc2)N=C(c2ccccc2)C1. The van der Waals surface area contributed by atoms with E-state index in [1.165, 1.54) is 0 Å². The summed E-state index contributed by atoms with van der Waals surface area (Å²) < 4.78 is 1.81. The highest BCUT2D eigenvalue weighted by Crippen LogP contribution is 2.30. The Bertz CT molecular complexity index is 907. The van der Waals surface area contributed by atoms with Gasteiger partial charge in [0.1, 0.15) is 0 Å². The Morgan fingerprint density at radius 3 is 2.38 bits per heavy atom. The summed E-state index contributed by atoms with van der Waals surface area (Å²) in [4.78, 5) is 9.44. The summed E-state index contributed by atoms with van der Waals surface area (Å²) >= 11 is 0. The van der Waals surface area contributed by atoms with E-state index in [0.717, 1.165) is 28.4 Å². The van der Waals surface area contributed by atoms with Crippen LogP contribution in [0.2, 0.25) is 0 Å². The first kappa shape index (κ1) is 14.5. The Balaban J connectivity index is 1.74. The molecule has 24 heavy (non-hydrogen) atoms. The van der Waals surface area contributed by atoms with Crippen molar-refractivity contribution in [1.29, 1.82) is 0 Å². The van der Waals surface area contributed by atoms with Crippen molar-refractivity contribution in [2.45, 2.75) is 19.9 Å².